The Morgan fingerprint density at radius 2 is 2.22 bits per heavy atom. The van der Waals surface area contributed by atoms with E-state index in [0.717, 1.165) is 6.39 Å². The van der Waals surface area contributed by atoms with E-state index in [0.29, 0.717) is 10.3 Å². The van der Waals surface area contributed by atoms with Crippen LogP contribution in [0.15, 0.2) is 38.5 Å². The predicted molar refractivity (Wildman–Crippen MR) is 65.8 cm³/mol. The van der Waals surface area contributed by atoms with Crippen molar-refractivity contribution in [1.82, 2.24) is 10.1 Å². The highest BCUT2D eigenvalue weighted by Gasteiger charge is 2.18. The Morgan fingerprint density at radius 1 is 1.44 bits per heavy atom. The fourth-order valence-electron chi connectivity index (χ4n) is 1.19. The predicted octanol–water partition coefficient (Wildman–Crippen LogP) is 2.34. The van der Waals surface area contributed by atoms with E-state index in [1.54, 1.807) is 6.07 Å². The van der Waals surface area contributed by atoms with E-state index >= 15 is 0 Å². The summed E-state index contributed by atoms with van der Waals surface area (Å²) in [5, 5.41) is 3.54. The molecule has 0 saturated carbocycles. The van der Waals surface area contributed by atoms with Crippen LogP contribution < -0.4 is 4.74 Å². The molecule has 0 bridgehead atoms. The summed E-state index contributed by atoms with van der Waals surface area (Å²) in [5.41, 5.74) is 0. The van der Waals surface area contributed by atoms with Crippen molar-refractivity contribution < 1.29 is 17.7 Å². The molecule has 18 heavy (non-hydrogen) atoms. The van der Waals surface area contributed by atoms with Crippen molar-refractivity contribution in [3.05, 3.63) is 34.9 Å². The summed E-state index contributed by atoms with van der Waals surface area (Å²) < 4.78 is 33.2. The van der Waals surface area contributed by atoms with Crippen LogP contribution >= 0.6 is 26.6 Å². The number of nitrogens with zero attached hydrogens (tertiary/aromatic N) is 2. The van der Waals surface area contributed by atoms with E-state index in [9.17, 15) is 8.42 Å². The summed E-state index contributed by atoms with van der Waals surface area (Å²) in [6, 6.07) is 4.48. The molecule has 0 aliphatic carbocycles. The molecule has 0 fully saturated rings. The highest BCUT2D eigenvalue weighted by Crippen LogP contribution is 2.30. The first kappa shape index (κ1) is 13.3. The lowest BCUT2D eigenvalue weighted by Gasteiger charge is -2.08. The Balaban J connectivity index is 2.27. The highest BCUT2D eigenvalue weighted by molar-refractivity contribution is 9.10. The molecule has 0 amide bonds. The number of ether oxygens (including phenoxy) is 1. The van der Waals surface area contributed by atoms with Crippen molar-refractivity contribution in [2.24, 2.45) is 0 Å². The van der Waals surface area contributed by atoms with E-state index in [-0.39, 0.29) is 17.3 Å². The van der Waals surface area contributed by atoms with Crippen molar-refractivity contribution >= 4 is 35.7 Å². The Kier molecular flexibility index (Phi) is 3.88. The molecule has 1 aromatic carbocycles. The first-order valence-electron chi connectivity index (χ1n) is 4.59. The maximum absolute atomic E-state index is 11.4. The van der Waals surface area contributed by atoms with Gasteiger partial charge in [-0.15, -0.1) is 0 Å². The van der Waals surface area contributed by atoms with Crippen molar-refractivity contribution in [3.63, 3.8) is 0 Å². The third-order valence-electron chi connectivity index (χ3n) is 1.93. The SMILES string of the molecule is O=S(=O)(Cl)c1cc(Br)ccc1OCc1ncon1. The van der Waals surface area contributed by atoms with Gasteiger partial charge in [-0.3, -0.25) is 0 Å². The summed E-state index contributed by atoms with van der Waals surface area (Å²) in [5.74, 6) is 0.425. The molecule has 0 N–H and O–H groups in total. The number of halogens is 2. The van der Waals surface area contributed by atoms with Crippen LogP contribution in [0.1, 0.15) is 5.82 Å². The minimum absolute atomic E-state index is 0.0163. The van der Waals surface area contributed by atoms with Crippen LogP contribution in [0, 0.1) is 0 Å². The van der Waals surface area contributed by atoms with Crippen molar-refractivity contribution in [2.45, 2.75) is 11.5 Å². The third-order valence-corrected chi connectivity index (χ3v) is 3.77. The second kappa shape index (κ2) is 5.25. The fraction of sp³-hybridized carbons (Fsp3) is 0.111. The van der Waals surface area contributed by atoms with Crippen molar-refractivity contribution in [2.75, 3.05) is 0 Å². The molecule has 2 rings (SSSR count). The molecular formula is C9H6BrClN2O4S. The van der Waals surface area contributed by atoms with Gasteiger partial charge < -0.3 is 9.26 Å². The summed E-state index contributed by atoms with van der Waals surface area (Å²) in [6.45, 7) is -0.0163. The van der Waals surface area contributed by atoms with Crippen molar-refractivity contribution in [3.8, 4) is 5.75 Å². The summed E-state index contributed by atoms with van der Waals surface area (Å²) >= 11 is 3.16. The molecule has 0 unspecified atom stereocenters. The van der Waals surface area contributed by atoms with Crippen LogP contribution in [0.4, 0.5) is 0 Å². The van der Waals surface area contributed by atoms with Gasteiger partial charge in [0.25, 0.3) is 9.05 Å². The quantitative estimate of drug-likeness (QED) is 0.785. The standard InChI is InChI=1S/C9H6BrClN2O4S/c10-6-1-2-7(8(3-6)18(11,14)15)16-4-9-12-5-17-13-9/h1-3,5H,4H2. The third kappa shape index (κ3) is 3.21. The molecule has 0 aliphatic heterocycles. The van der Waals surface area contributed by atoms with E-state index in [4.69, 9.17) is 15.4 Å². The monoisotopic (exact) mass is 352 g/mol. The fourth-order valence-corrected chi connectivity index (χ4v) is 2.70. The van der Waals surface area contributed by atoms with Gasteiger partial charge in [0, 0.05) is 15.2 Å². The molecule has 2 aromatic rings. The van der Waals surface area contributed by atoms with Gasteiger partial charge >= 0.3 is 0 Å². The van der Waals surface area contributed by atoms with E-state index in [1.165, 1.54) is 12.1 Å². The maximum Gasteiger partial charge on any atom is 0.265 e. The van der Waals surface area contributed by atoms with Gasteiger partial charge in [-0.25, -0.2) is 8.42 Å². The average molecular weight is 354 g/mol. The molecule has 1 heterocycles. The smallest absolute Gasteiger partial charge is 0.265 e. The van der Waals surface area contributed by atoms with Gasteiger partial charge in [0.05, 0.1) is 0 Å². The Bertz CT molecular complexity index is 645. The molecule has 0 aliphatic rings. The summed E-state index contributed by atoms with van der Waals surface area (Å²) in [4.78, 5) is 3.62. The summed E-state index contributed by atoms with van der Waals surface area (Å²) in [7, 11) is 1.42. The molecule has 96 valence electrons. The van der Waals surface area contributed by atoms with Gasteiger partial charge in [0.2, 0.25) is 12.2 Å². The summed E-state index contributed by atoms with van der Waals surface area (Å²) in [6.07, 6.45) is 1.15. The van der Waals surface area contributed by atoms with Gasteiger partial charge in [-0.1, -0.05) is 21.1 Å². The first-order valence-corrected chi connectivity index (χ1v) is 7.69. The minimum atomic E-state index is -3.89. The Hall–Kier alpha value is -1.12. The zero-order valence-electron chi connectivity index (χ0n) is 8.71. The van der Waals surface area contributed by atoms with Gasteiger partial charge in [-0.2, -0.15) is 4.98 Å². The largest absolute Gasteiger partial charge is 0.484 e. The van der Waals surface area contributed by atoms with Crippen LogP contribution in [0.5, 0.6) is 5.75 Å². The van der Waals surface area contributed by atoms with Crippen LogP contribution in [0.3, 0.4) is 0 Å². The zero-order chi connectivity index (χ0) is 13.2. The van der Waals surface area contributed by atoms with Crippen LogP contribution in [-0.2, 0) is 15.7 Å². The molecule has 9 heteroatoms. The first-order chi connectivity index (χ1) is 8.47. The lowest BCUT2D eigenvalue weighted by atomic mass is 10.3. The van der Waals surface area contributed by atoms with Gasteiger partial charge in [-0.05, 0) is 18.2 Å². The Labute approximate surface area is 115 Å². The van der Waals surface area contributed by atoms with Gasteiger partial charge in [0.15, 0.2) is 6.61 Å². The molecule has 0 saturated heterocycles. The van der Waals surface area contributed by atoms with Crippen molar-refractivity contribution in [1.29, 1.82) is 0 Å². The zero-order valence-corrected chi connectivity index (χ0v) is 11.9. The van der Waals surface area contributed by atoms with Crippen LogP contribution in [0.2, 0.25) is 0 Å². The number of benzene rings is 1. The molecule has 0 radical (unpaired) electrons. The number of aromatic nitrogens is 2. The number of hydrogen-bond acceptors (Lipinski definition) is 6. The van der Waals surface area contributed by atoms with E-state index in [2.05, 4.69) is 30.6 Å². The molecule has 1 aromatic heterocycles. The minimum Gasteiger partial charge on any atom is -0.484 e. The van der Waals surface area contributed by atoms with Crippen LogP contribution in [0.25, 0.3) is 0 Å². The van der Waals surface area contributed by atoms with E-state index < -0.39 is 9.05 Å². The van der Waals surface area contributed by atoms with E-state index in [1.807, 2.05) is 0 Å². The highest BCUT2D eigenvalue weighted by atomic mass is 79.9. The average Bonchev–Trinajstić information content (AvgIpc) is 2.79. The topological polar surface area (TPSA) is 82.3 Å². The molecule has 0 spiro atoms. The van der Waals surface area contributed by atoms with Gasteiger partial charge in [0.1, 0.15) is 10.6 Å². The Morgan fingerprint density at radius 3 is 2.83 bits per heavy atom. The second-order valence-electron chi connectivity index (χ2n) is 3.17. The van der Waals surface area contributed by atoms with Crippen LogP contribution in [-0.4, -0.2) is 18.6 Å². The molecule has 6 nitrogen and oxygen atoms in total. The lowest BCUT2D eigenvalue weighted by Crippen LogP contribution is -2.02. The molecular weight excluding hydrogens is 348 g/mol. The number of hydrogen-bond donors (Lipinski definition) is 0. The lowest BCUT2D eigenvalue weighted by molar-refractivity contribution is 0.279. The number of rotatable bonds is 4. The normalized spacial score (nSPS) is 11.4. The second-order valence-corrected chi connectivity index (χ2v) is 6.62. The maximum atomic E-state index is 11.4. The molecule has 0 atom stereocenters.